The van der Waals surface area contributed by atoms with E-state index in [0.717, 1.165) is 57.3 Å². The Labute approximate surface area is 169 Å². The first-order valence-corrected chi connectivity index (χ1v) is 10.7. The summed E-state index contributed by atoms with van der Waals surface area (Å²) in [5.74, 6) is 1.74. The lowest BCUT2D eigenvalue weighted by molar-refractivity contribution is 0.0290. The minimum atomic E-state index is -0.00873. The first-order chi connectivity index (χ1) is 13.5. The van der Waals surface area contributed by atoms with Gasteiger partial charge < -0.3 is 19.5 Å². The van der Waals surface area contributed by atoms with Gasteiger partial charge in [-0.15, -0.1) is 0 Å². The first kappa shape index (κ1) is 20.0. The van der Waals surface area contributed by atoms with E-state index in [4.69, 9.17) is 9.47 Å². The van der Waals surface area contributed by atoms with Crippen molar-refractivity contribution in [3.05, 3.63) is 23.8 Å². The van der Waals surface area contributed by atoms with Gasteiger partial charge >= 0.3 is 0 Å². The van der Waals surface area contributed by atoms with E-state index < -0.39 is 0 Å². The quantitative estimate of drug-likeness (QED) is 0.803. The number of benzene rings is 1. The highest BCUT2D eigenvalue weighted by Gasteiger charge is 2.30. The predicted octanol–water partition coefficient (Wildman–Crippen LogP) is 2.02. The Bertz CT molecular complexity index is 658. The third kappa shape index (κ3) is 4.79. The van der Waals surface area contributed by atoms with Crippen LogP contribution in [-0.2, 0) is 6.54 Å². The maximum absolute atomic E-state index is 9.58. The van der Waals surface area contributed by atoms with Crippen LogP contribution in [0.5, 0.6) is 11.5 Å². The minimum Gasteiger partial charge on any atom is -0.454 e. The van der Waals surface area contributed by atoms with Gasteiger partial charge in [-0.3, -0.25) is 9.80 Å². The summed E-state index contributed by atoms with van der Waals surface area (Å²) in [7, 11) is 0. The Hall–Kier alpha value is -1.34. The molecule has 1 atom stereocenters. The predicted molar refractivity (Wildman–Crippen MR) is 110 cm³/mol. The molecule has 1 N–H and O–H groups in total. The van der Waals surface area contributed by atoms with Gasteiger partial charge in [-0.1, -0.05) is 19.9 Å². The monoisotopic (exact) mass is 389 g/mol. The number of piperidine rings is 1. The standard InChI is InChI=1S/C22H35N3O3/c1-22(2,16-26)15-24-7-3-4-19(14-24)25-10-8-23(9-11-25)13-18-5-6-20-21(12-18)28-17-27-20/h5-6,12,19,26H,3-4,7-11,13-17H2,1-2H3/t19-/m1/s1. The number of nitrogens with zero attached hydrogens (tertiary/aromatic N) is 3. The van der Waals surface area contributed by atoms with E-state index >= 15 is 0 Å². The van der Waals surface area contributed by atoms with Crippen LogP contribution in [0.4, 0.5) is 0 Å². The molecule has 0 radical (unpaired) electrons. The molecule has 156 valence electrons. The second kappa shape index (κ2) is 8.57. The molecule has 3 aliphatic rings. The molecule has 1 aromatic rings. The molecule has 0 bridgehead atoms. The summed E-state index contributed by atoms with van der Waals surface area (Å²) >= 11 is 0. The molecule has 0 spiro atoms. The highest BCUT2D eigenvalue weighted by atomic mass is 16.7. The van der Waals surface area contributed by atoms with Crippen LogP contribution in [0.3, 0.4) is 0 Å². The Morgan fingerprint density at radius 3 is 2.61 bits per heavy atom. The fraction of sp³-hybridized carbons (Fsp3) is 0.727. The fourth-order valence-electron chi connectivity index (χ4n) is 4.71. The van der Waals surface area contributed by atoms with Crippen molar-refractivity contribution in [2.45, 2.75) is 39.3 Å². The van der Waals surface area contributed by atoms with Crippen LogP contribution >= 0.6 is 0 Å². The van der Waals surface area contributed by atoms with Crippen molar-refractivity contribution in [2.75, 3.05) is 59.2 Å². The largest absolute Gasteiger partial charge is 0.454 e. The van der Waals surface area contributed by atoms with E-state index in [1.54, 1.807) is 0 Å². The van der Waals surface area contributed by atoms with Gasteiger partial charge in [0.05, 0.1) is 0 Å². The van der Waals surface area contributed by atoms with Crippen LogP contribution in [0.2, 0.25) is 0 Å². The summed E-state index contributed by atoms with van der Waals surface area (Å²) in [6.45, 7) is 13.7. The van der Waals surface area contributed by atoms with Gasteiger partial charge in [0.25, 0.3) is 0 Å². The molecule has 0 aromatic heterocycles. The lowest BCUT2D eigenvalue weighted by Crippen LogP contribution is -2.55. The fourth-order valence-corrected chi connectivity index (χ4v) is 4.71. The van der Waals surface area contributed by atoms with E-state index in [1.807, 2.05) is 6.07 Å². The average Bonchev–Trinajstić information content (AvgIpc) is 3.16. The highest BCUT2D eigenvalue weighted by Crippen LogP contribution is 2.33. The molecule has 0 unspecified atom stereocenters. The van der Waals surface area contributed by atoms with Crippen LogP contribution in [0.25, 0.3) is 0 Å². The molecule has 0 aliphatic carbocycles. The molecule has 4 rings (SSSR count). The van der Waals surface area contributed by atoms with Crippen molar-refractivity contribution < 1.29 is 14.6 Å². The number of aliphatic hydroxyl groups is 1. The zero-order chi connectivity index (χ0) is 19.6. The molecular weight excluding hydrogens is 354 g/mol. The Morgan fingerprint density at radius 2 is 1.82 bits per heavy atom. The minimum absolute atomic E-state index is 0.00873. The van der Waals surface area contributed by atoms with Crippen LogP contribution < -0.4 is 9.47 Å². The van der Waals surface area contributed by atoms with E-state index in [1.165, 1.54) is 24.9 Å². The summed E-state index contributed by atoms with van der Waals surface area (Å²) in [6, 6.07) is 6.97. The van der Waals surface area contributed by atoms with Crippen LogP contribution in [0.15, 0.2) is 18.2 Å². The molecular formula is C22H35N3O3. The molecule has 3 heterocycles. The third-order valence-corrected chi connectivity index (χ3v) is 6.33. The van der Waals surface area contributed by atoms with Crippen molar-refractivity contribution in [3.63, 3.8) is 0 Å². The summed E-state index contributed by atoms with van der Waals surface area (Å²) in [5.41, 5.74) is 1.29. The highest BCUT2D eigenvalue weighted by molar-refractivity contribution is 5.44. The van der Waals surface area contributed by atoms with Gasteiger partial charge in [0.1, 0.15) is 0 Å². The number of fused-ring (bicyclic) bond motifs is 1. The van der Waals surface area contributed by atoms with E-state index in [0.29, 0.717) is 12.8 Å². The second-order valence-corrected chi connectivity index (χ2v) is 9.35. The number of likely N-dealkylation sites (tertiary alicyclic amines) is 1. The summed E-state index contributed by atoms with van der Waals surface area (Å²) < 4.78 is 10.9. The smallest absolute Gasteiger partial charge is 0.231 e. The molecule has 6 nitrogen and oxygen atoms in total. The van der Waals surface area contributed by atoms with Gasteiger partial charge in [0, 0.05) is 63.9 Å². The number of aliphatic hydroxyl groups excluding tert-OH is 1. The molecule has 3 aliphatic heterocycles. The number of hydrogen-bond donors (Lipinski definition) is 1. The van der Waals surface area contributed by atoms with Crippen molar-refractivity contribution in [3.8, 4) is 11.5 Å². The number of rotatable bonds is 6. The first-order valence-electron chi connectivity index (χ1n) is 10.7. The van der Waals surface area contributed by atoms with Gasteiger partial charge in [-0.05, 0) is 37.1 Å². The zero-order valence-corrected chi connectivity index (χ0v) is 17.4. The van der Waals surface area contributed by atoms with Crippen molar-refractivity contribution in [1.82, 2.24) is 14.7 Å². The zero-order valence-electron chi connectivity index (χ0n) is 17.4. The Morgan fingerprint density at radius 1 is 1.04 bits per heavy atom. The third-order valence-electron chi connectivity index (χ3n) is 6.33. The van der Waals surface area contributed by atoms with Gasteiger partial charge in [0.2, 0.25) is 6.79 Å². The van der Waals surface area contributed by atoms with E-state index in [9.17, 15) is 5.11 Å². The lowest BCUT2D eigenvalue weighted by atomic mass is 9.92. The van der Waals surface area contributed by atoms with Crippen molar-refractivity contribution in [1.29, 1.82) is 0 Å². The molecule has 2 saturated heterocycles. The van der Waals surface area contributed by atoms with Crippen molar-refractivity contribution in [2.24, 2.45) is 5.41 Å². The molecule has 0 amide bonds. The summed E-state index contributed by atoms with van der Waals surface area (Å²) in [6.07, 6.45) is 2.57. The normalized spacial score (nSPS) is 24.6. The number of hydrogen-bond acceptors (Lipinski definition) is 6. The van der Waals surface area contributed by atoms with Crippen LogP contribution in [0, 0.1) is 5.41 Å². The Balaban J connectivity index is 1.26. The van der Waals surface area contributed by atoms with Gasteiger partial charge in [-0.2, -0.15) is 0 Å². The molecule has 28 heavy (non-hydrogen) atoms. The molecule has 0 saturated carbocycles. The molecule has 2 fully saturated rings. The van der Waals surface area contributed by atoms with Crippen LogP contribution in [-0.4, -0.2) is 85.1 Å². The topological polar surface area (TPSA) is 48.4 Å². The number of ether oxygens (including phenoxy) is 2. The molecule has 6 heteroatoms. The Kier molecular flexibility index (Phi) is 6.11. The van der Waals surface area contributed by atoms with E-state index in [2.05, 4.69) is 40.7 Å². The average molecular weight is 390 g/mol. The lowest BCUT2D eigenvalue weighted by Gasteiger charge is -2.44. The maximum Gasteiger partial charge on any atom is 0.231 e. The summed E-state index contributed by atoms with van der Waals surface area (Å²) in [4.78, 5) is 7.79. The summed E-state index contributed by atoms with van der Waals surface area (Å²) in [5, 5.41) is 9.58. The SMILES string of the molecule is CC(C)(CO)CN1CCC[C@@H](N2CCN(Cc3ccc4c(c3)OCO4)CC2)C1. The number of piperazine rings is 1. The van der Waals surface area contributed by atoms with Crippen molar-refractivity contribution >= 4 is 0 Å². The van der Waals surface area contributed by atoms with Gasteiger partial charge in [-0.25, -0.2) is 0 Å². The second-order valence-electron chi connectivity index (χ2n) is 9.35. The van der Waals surface area contributed by atoms with Crippen LogP contribution in [0.1, 0.15) is 32.3 Å². The molecule has 1 aromatic carbocycles. The van der Waals surface area contributed by atoms with Gasteiger partial charge in [0.15, 0.2) is 11.5 Å². The maximum atomic E-state index is 9.58. The van der Waals surface area contributed by atoms with E-state index in [-0.39, 0.29) is 12.0 Å².